The third-order valence-corrected chi connectivity index (χ3v) is 2.11. The molecule has 0 radical (unpaired) electrons. The number of rotatable bonds is 0. The fraction of sp³-hybridized carbons (Fsp3) is 0.400. The van der Waals surface area contributed by atoms with Gasteiger partial charge in [0.25, 0.3) is 0 Å². The molecule has 0 aromatic heterocycles. The zero-order chi connectivity index (χ0) is 8.55. The van der Waals surface area contributed by atoms with Crippen molar-refractivity contribution < 1.29 is 4.74 Å². The highest BCUT2D eigenvalue weighted by atomic mass is 16.5. The molecule has 1 aliphatic heterocycles. The van der Waals surface area contributed by atoms with Crippen LogP contribution in [0.1, 0.15) is 12.5 Å². The van der Waals surface area contributed by atoms with Crippen LogP contribution in [0.2, 0.25) is 0 Å². The van der Waals surface area contributed by atoms with Gasteiger partial charge in [-0.3, -0.25) is 0 Å². The van der Waals surface area contributed by atoms with E-state index in [-0.39, 0.29) is 6.10 Å². The maximum atomic E-state index is 5.70. The fourth-order valence-electron chi connectivity index (χ4n) is 1.44. The Hall–Kier alpha value is -1.18. The first-order chi connectivity index (χ1) is 5.77. The molecule has 0 fully saturated rings. The molecular weight excluding hydrogens is 150 g/mol. The molecule has 1 heterocycles. The SMILES string of the molecule is Cc1cccc2c1OC(C)CN2. The number of hydrogen-bond acceptors (Lipinski definition) is 2. The van der Waals surface area contributed by atoms with Gasteiger partial charge in [-0.1, -0.05) is 12.1 Å². The second-order valence-corrected chi connectivity index (χ2v) is 3.26. The number of hydrogen-bond donors (Lipinski definition) is 1. The summed E-state index contributed by atoms with van der Waals surface area (Å²) < 4.78 is 5.70. The lowest BCUT2D eigenvalue weighted by molar-refractivity contribution is 0.224. The van der Waals surface area contributed by atoms with Crippen molar-refractivity contribution in [1.29, 1.82) is 0 Å². The van der Waals surface area contributed by atoms with Gasteiger partial charge in [0.15, 0.2) is 0 Å². The summed E-state index contributed by atoms with van der Waals surface area (Å²) in [5, 5.41) is 3.33. The van der Waals surface area contributed by atoms with E-state index >= 15 is 0 Å². The molecule has 2 rings (SSSR count). The minimum atomic E-state index is 0.276. The zero-order valence-corrected chi connectivity index (χ0v) is 7.42. The highest BCUT2D eigenvalue weighted by molar-refractivity contribution is 5.61. The van der Waals surface area contributed by atoms with Gasteiger partial charge in [0.2, 0.25) is 0 Å². The summed E-state index contributed by atoms with van der Waals surface area (Å²) in [6.45, 7) is 5.04. The normalized spacial score (nSPS) is 20.7. The van der Waals surface area contributed by atoms with Gasteiger partial charge in [0.05, 0.1) is 12.2 Å². The molecule has 1 atom stereocenters. The zero-order valence-electron chi connectivity index (χ0n) is 7.42. The van der Waals surface area contributed by atoms with Crippen LogP contribution in [0.25, 0.3) is 0 Å². The van der Waals surface area contributed by atoms with E-state index in [0.717, 1.165) is 18.0 Å². The standard InChI is InChI=1S/C10H13NO/c1-7-4-3-5-9-10(7)12-8(2)6-11-9/h3-5,8,11H,6H2,1-2H3. The van der Waals surface area contributed by atoms with Crippen molar-refractivity contribution >= 4 is 5.69 Å². The van der Waals surface area contributed by atoms with Gasteiger partial charge in [-0.2, -0.15) is 0 Å². The molecule has 1 aliphatic rings. The van der Waals surface area contributed by atoms with Crippen molar-refractivity contribution in [3.63, 3.8) is 0 Å². The van der Waals surface area contributed by atoms with E-state index in [1.165, 1.54) is 5.56 Å². The topological polar surface area (TPSA) is 21.3 Å². The number of ether oxygens (including phenoxy) is 1. The Morgan fingerprint density at radius 3 is 3.17 bits per heavy atom. The Morgan fingerprint density at radius 2 is 2.33 bits per heavy atom. The summed E-state index contributed by atoms with van der Waals surface area (Å²) in [5.41, 5.74) is 2.32. The van der Waals surface area contributed by atoms with Crippen LogP contribution in [0.15, 0.2) is 18.2 Å². The second-order valence-electron chi connectivity index (χ2n) is 3.26. The quantitative estimate of drug-likeness (QED) is 0.633. The Balaban J connectivity index is 2.43. The van der Waals surface area contributed by atoms with Crippen molar-refractivity contribution in [1.82, 2.24) is 0 Å². The van der Waals surface area contributed by atoms with Gasteiger partial charge < -0.3 is 10.1 Å². The van der Waals surface area contributed by atoms with Gasteiger partial charge in [-0.15, -0.1) is 0 Å². The third kappa shape index (κ3) is 1.13. The summed E-state index contributed by atoms with van der Waals surface area (Å²) in [7, 11) is 0. The maximum Gasteiger partial charge on any atom is 0.145 e. The van der Waals surface area contributed by atoms with E-state index in [1.54, 1.807) is 0 Å². The molecule has 0 amide bonds. The molecule has 0 saturated heterocycles. The summed E-state index contributed by atoms with van der Waals surface area (Å²) >= 11 is 0. The number of nitrogens with one attached hydrogen (secondary N) is 1. The molecule has 2 nitrogen and oxygen atoms in total. The molecule has 1 aromatic carbocycles. The fourth-order valence-corrected chi connectivity index (χ4v) is 1.44. The lowest BCUT2D eigenvalue weighted by Gasteiger charge is -2.25. The first kappa shape index (κ1) is 7.47. The van der Waals surface area contributed by atoms with E-state index < -0.39 is 0 Å². The first-order valence-corrected chi connectivity index (χ1v) is 4.27. The predicted molar refractivity (Wildman–Crippen MR) is 49.8 cm³/mol. The van der Waals surface area contributed by atoms with Crippen LogP contribution in [0, 0.1) is 6.92 Å². The minimum absolute atomic E-state index is 0.276. The van der Waals surface area contributed by atoms with Crippen LogP contribution in [0.4, 0.5) is 5.69 Å². The molecular formula is C10H13NO. The summed E-state index contributed by atoms with van der Waals surface area (Å²) in [5.74, 6) is 1.01. The monoisotopic (exact) mass is 163 g/mol. The molecule has 1 unspecified atom stereocenters. The van der Waals surface area contributed by atoms with Crippen molar-refractivity contribution in [2.75, 3.05) is 11.9 Å². The summed E-state index contributed by atoms with van der Waals surface area (Å²) in [4.78, 5) is 0. The van der Waals surface area contributed by atoms with E-state index in [4.69, 9.17) is 4.74 Å². The van der Waals surface area contributed by atoms with Crippen LogP contribution in [-0.4, -0.2) is 12.6 Å². The molecule has 1 aromatic rings. The largest absolute Gasteiger partial charge is 0.486 e. The van der Waals surface area contributed by atoms with Crippen molar-refractivity contribution in [2.45, 2.75) is 20.0 Å². The van der Waals surface area contributed by atoms with Gasteiger partial charge in [-0.25, -0.2) is 0 Å². The van der Waals surface area contributed by atoms with Gasteiger partial charge in [-0.05, 0) is 25.5 Å². The molecule has 0 bridgehead atoms. The van der Waals surface area contributed by atoms with Gasteiger partial charge in [0.1, 0.15) is 11.9 Å². The van der Waals surface area contributed by atoms with Crippen LogP contribution in [0.5, 0.6) is 5.75 Å². The van der Waals surface area contributed by atoms with Crippen molar-refractivity contribution in [3.8, 4) is 5.75 Å². The highest BCUT2D eigenvalue weighted by Crippen LogP contribution is 2.31. The number of benzene rings is 1. The average molecular weight is 163 g/mol. The highest BCUT2D eigenvalue weighted by Gasteiger charge is 2.15. The van der Waals surface area contributed by atoms with Crippen LogP contribution in [0.3, 0.4) is 0 Å². The summed E-state index contributed by atoms with van der Waals surface area (Å²) in [6, 6.07) is 6.16. The molecule has 2 heteroatoms. The van der Waals surface area contributed by atoms with E-state index in [9.17, 15) is 0 Å². The average Bonchev–Trinajstić information content (AvgIpc) is 2.07. The third-order valence-electron chi connectivity index (χ3n) is 2.11. The number of aryl methyl sites for hydroxylation is 1. The smallest absolute Gasteiger partial charge is 0.145 e. The first-order valence-electron chi connectivity index (χ1n) is 4.27. The Labute approximate surface area is 72.5 Å². The molecule has 12 heavy (non-hydrogen) atoms. The number of para-hydroxylation sites is 1. The molecule has 0 saturated carbocycles. The minimum Gasteiger partial charge on any atom is -0.486 e. The van der Waals surface area contributed by atoms with Crippen molar-refractivity contribution in [2.24, 2.45) is 0 Å². The lowest BCUT2D eigenvalue weighted by Crippen LogP contribution is -2.28. The van der Waals surface area contributed by atoms with Gasteiger partial charge >= 0.3 is 0 Å². The van der Waals surface area contributed by atoms with E-state index in [1.807, 2.05) is 12.1 Å². The van der Waals surface area contributed by atoms with Gasteiger partial charge in [0, 0.05) is 0 Å². The predicted octanol–water partition coefficient (Wildman–Crippen LogP) is 2.19. The lowest BCUT2D eigenvalue weighted by atomic mass is 10.1. The van der Waals surface area contributed by atoms with Crippen LogP contribution >= 0.6 is 0 Å². The summed E-state index contributed by atoms with van der Waals surface area (Å²) in [6.07, 6.45) is 0.276. The molecule has 64 valence electrons. The Bertz CT molecular complexity index is 296. The Morgan fingerprint density at radius 1 is 1.50 bits per heavy atom. The molecule has 1 N–H and O–H groups in total. The second kappa shape index (κ2) is 2.70. The van der Waals surface area contributed by atoms with E-state index in [0.29, 0.717) is 0 Å². The van der Waals surface area contributed by atoms with Crippen molar-refractivity contribution in [3.05, 3.63) is 23.8 Å². The Kier molecular flexibility index (Phi) is 1.68. The molecule has 0 spiro atoms. The van der Waals surface area contributed by atoms with E-state index in [2.05, 4.69) is 25.2 Å². The van der Waals surface area contributed by atoms with Crippen LogP contribution < -0.4 is 10.1 Å². The number of fused-ring (bicyclic) bond motifs is 1. The number of anilines is 1. The maximum absolute atomic E-state index is 5.70. The van der Waals surface area contributed by atoms with Crippen LogP contribution in [-0.2, 0) is 0 Å². The molecule has 0 aliphatic carbocycles.